The van der Waals surface area contributed by atoms with Crippen LogP contribution in [-0.2, 0) is 6.42 Å². The number of allylic oxidation sites excluding steroid dienone is 2. The summed E-state index contributed by atoms with van der Waals surface area (Å²) in [6.07, 6.45) is 8.37. The first-order chi connectivity index (χ1) is 12.1. The number of benzene rings is 2. The molecule has 0 saturated carbocycles. The number of carbonyl (C=O) groups excluding carboxylic acids is 1. The van der Waals surface area contributed by atoms with Crippen LogP contribution >= 0.6 is 15.9 Å². The van der Waals surface area contributed by atoms with Crippen molar-refractivity contribution >= 4 is 27.4 Å². The van der Waals surface area contributed by atoms with Gasteiger partial charge in [-0.3, -0.25) is 4.79 Å². The zero-order chi connectivity index (χ0) is 17.6. The van der Waals surface area contributed by atoms with Crippen molar-refractivity contribution < 1.29 is 9.18 Å². The molecule has 0 unspecified atom stereocenters. The van der Waals surface area contributed by atoms with Crippen molar-refractivity contribution in [3.63, 3.8) is 0 Å². The van der Waals surface area contributed by atoms with Crippen LogP contribution in [0.2, 0.25) is 0 Å². The van der Waals surface area contributed by atoms with Crippen molar-refractivity contribution in [2.45, 2.75) is 12.8 Å². The fourth-order valence-corrected chi connectivity index (χ4v) is 2.76. The average molecular weight is 399 g/mol. The first kappa shape index (κ1) is 17.3. The van der Waals surface area contributed by atoms with Crippen LogP contribution in [0.4, 0.5) is 4.39 Å². The minimum atomic E-state index is -0.361. The van der Waals surface area contributed by atoms with Gasteiger partial charge in [-0.05, 0) is 54.8 Å². The van der Waals surface area contributed by atoms with Crippen LogP contribution in [0.15, 0.2) is 77.8 Å². The second-order valence-corrected chi connectivity index (χ2v) is 6.48. The minimum Gasteiger partial charge on any atom is -0.303 e. The summed E-state index contributed by atoms with van der Waals surface area (Å²) in [6.45, 7) is 0. The first-order valence-electron chi connectivity index (χ1n) is 7.87. The normalized spacial score (nSPS) is 11.5. The average Bonchev–Trinajstić information content (AvgIpc) is 3.15. The Hall–Kier alpha value is -2.53. The molecule has 3 nitrogen and oxygen atoms in total. The summed E-state index contributed by atoms with van der Waals surface area (Å²) < 4.78 is 15.8. The van der Waals surface area contributed by atoms with Crippen LogP contribution in [0.3, 0.4) is 0 Å². The van der Waals surface area contributed by atoms with Gasteiger partial charge in [-0.1, -0.05) is 34.1 Å². The summed E-state index contributed by atoms with van der Waals surface area (Å²) in [5, 5.41) is 0. The molecule has 3 rings (SSSR count). The Bertz CT molecular complexity index is 869. The number of ketones is 1. The summed E-state index contributed by atoms with van der Waals surface area (Å²) in [7, 11) is 0. The third-order valence-electron chi connectivity index (χ3n) is 3.81. The molecule has 0 fully saturated rings. The molecule has 0 aliphatic heterocycles. The highest BCUT2D eigenvalue weighted by molar-refractivity contribution is 9.10. The van der Waals surface area contributed by atoms with Crippen LogP contribution in [0.1, 0.15) is 22.3 Å². The number of halogens is 2. The monoisotopic (exact) mass is 398 g/mol. The highest BCUT2D eigenvalue weighted by Gasteiger charge is 2.14. The van der Waals surface area contributed by atoms with E-state index in [1.54, 1.807) is 23.3 Å². The zero-order valence-corrected chi connectivity index (χ0v) is 15.0. The lowest BCUT2D eigenvalue weighted by atomic mass is 10.1. The lowest BCUT2D eigenvalue weighted by Crippen LogP contribution is -2.08. The van der Waals surface area contributed by atoms with Crippen molar-refractivity contribution in [1.82, 2.24) is 9.55 Å². The number of hydrogen-bond acceptors (Lipinski definition) is 2. The summed E-state index contributed by atoms with van der Waals surface area (Å²) in [4.78, 5) is 16.8. The van der Waals surface area contributed by atoms with Gasteiger partial charge in [-0.2, -0.15) is 0 Å². The Morgan fingerprint density at radius 1 is 1.12 bits per heavy atom. The quantitative estimate of drug-likeness (QED) is 0.425. The van der Waals surface area contributed by atoms with Crippen molar-refractivity contribution in [2.75, 3.05) is 0 Å². The van der Waals surface area contributed by atoms with Gasteiger partial charge in [0.05, 0.1) is 12.0 Å². The van der Waals surface area contributed by atoms with Crippen molar-refractivity contribution in [3.05, 3.63) is 94.7 Å². The molecule has 1 heterocycles. The van der Waals surface area contributed by atoms with E-state index >= 15 is 0 Å². The lowest BCUT2D eigenvalue weighted by molar-refractivity contribution is 0.105. The first-order valence-corrected chi connectivity index (χ1v) is 8.66. The van der Waals surface area contributed by atoms with E-state index in [0.717, 1.165) is 10.9 Å². The van der Waals surface area contributed by atoms with E-state index in [1.165, 1.54) is 29.8 Å². The summed E-state index contributed by atoms with van der Waals surface area (Å²) in [5.74, 6) is -0.520. The molecule has 3 aromatic rings. The van der Waals surface area contributed by atoms with Crippen LogP contribution in [0.5, 0.6) is 0 Å². The number of nitrogens with zero attached hydrogens (tertiary/aromatic N) is 2. The lowest BCUT2D eigenvalue weighted by Gasteiger charge is -2.08. The van der Waals surface area contributed by atoms with Gasteiger partial charge in [0.15, 0.2) is 0 Å². The molecule has 5 heteroatoms. The second-order valence-electron chi connectivity index (χ2n) is 5.56. The van der Waals surface area contributed by atoms with Crippen LogP contribution in [0, 0.1) is 5.82 Å². The Kier molecular flexibility index (Phi) is 5.56. The standard InChI is InChI=1S/C20H16BrFN2O/c21-17-8-4-15(5-9-17)2-1-3-19(24-13-12-23-14-24)20(25)16-6-10-18(22)11-7-16/h3-14H,1-2H2/b19-3-. The van der Waals surface area contributed by atoms with E-state index < -0.39 is 0 Å². The SMILES string of the molecule is O=C(/C(=C/CCc1ccc(Br)cc1)n1ccnc1)c1ccc(F)cc1. The fraction of sp³-hybridized carbons (Fsp3) is 0.100. The third-order valence-corrected chi connectivity index (χ3v) is 4.33. The van der Waals surface area contributed by atoms with Crippen LogP contribution in [-0.4, -0.2) is 15.3 Å². The Labute approximate surface area is 154 Å². The van der Waals surface area contributed by atoms with Crippen LogP contribution in [0.25, 0.3) is 5.70 Å². The second kappa shape index (κ2) is 8.03. The van der Waals surface area contributed by atoms with Crippen LogP contribution < -0.4 is 0 Å². The van der Waals surface area contributed by atoms with Crippen molar-refractivity contribution in [2.24, 2.45) is 0 Å². The molecule has 0 atom stereocenters. The third kappa shape index (κ3) is 4.51. The fourth-order valence-electron chi connectivity index (χ4n) is 2.49. The maximum atomic E-state index is 13.1. The Morgan fingerprint density at radius 2 is 1.84 bits per heavy atom. The number of Topliss-reactive ketones (excluding diaryl/α,β-unsaturated/α-hetero) is 1. The number of rotatable bonds is 6. The van der Waals surface area contributed by atoms with Gasteiger partial charge in [-0.25, -0.2) is 9.37 Å². The molecule has 0 bridgehead atoms. The molecule has 2 aromatic carbocycles. The van der Waals surface area contributed by atoms with Gasteiger partial charge in [0.2, 0.25) is 5.78 Å². The topological polar surface area (TPSA) is 34.9 Å². The van der Waals surface area contributed by atoms with E-state index in [9.17, 15) is 9.18 Å². The molecule has 126 valence electrons. The summed E-state index contributed by atoms with van der Waals surface area (Å²) in [5.41, 5.74) is 2.16. The van der Waals surface area contributed by atoms with Gasteiger partial charge in [0.1, 0.15) is 5.82 Å². The summed E-state index contributed by atoms with van der Waals surface area (Å²) in [6, 6.07) is 13.7. The molecular weight excluding hydrogens is 383 g/mol. The zero-order valence-electron chi connectivity index (χ0n) is 13.4. The molecule has 0 radical (unpaired) electrons. The maximum Gasteiger partial charge on any atom is 0.209 e. The maximum absolute atomic E-state index is 13.1. The van der Waals surface area contributed by atoms with E-state index in [2.05, 4.69) is 33.0 Å². The molecule has 1 aromatic heterocycles. The highest BCUT2D eigenvalue weighted by atomic mass is 79.9. The molecule has 0 amide bonds. The van der Waals surface area contributed by atoms with Gasteiger partial charge in [-0.15, -0.1) is 0 Å². The summed E-state index contributed by atoms with van der Waals surface area (Å²) >= 11 is 3.42. The number of hydrogen-bond donors (Lipinski definition) is 0. The minimum absolute atomic E-state index is 0.159. The molecule has 0 aliphatic carbocycles. The number of carbonyl (C=O) groups is 1. The number of aryl methyl sites for hydroxylation is 1. The predicted molar refractivity (Wildman–Crippen MR) is 99.7 cm³/mol. The van der Waals surface area contributed by atoms with E-state index in [0.29, 0.717) is 17.7 Å². The Balaban J connectivity index is 1.81. The predicted octanol–water partition coefficient (Wildman–Crippen LogP) is 5.14. The van der Waals surface area contributed by atoms with Crippen molar-refractivity contribution in [1.29, 1.82) is 0 Å². The number of imidazole rings is 1. The van der Waals surface area contributed by atoms with Gasteiger partial charge in [0.25, 0.3) is 0 Å². The molecule has 25 heavy (non-hydrogen) atoms. The molecular formula is C20H16BrFN2O. The van der Waals surface area contributed by atoms with Crippen molar-refractivity contribution in [3.8, 4) is 0 Å². The molecule has 0 saturated heterocycles. The number of aromatic nitrogens is 2. The molecule has 0 aliphatic rings. The smallest absolute Gasteiger partial charge is 0.209 e. The Morgan fingerprint density at radius 3 is 2.48 bits per heavy atom. The largest absolute Gasteiger partial charge is 0.303 e. The molecule has 0 N–H and O–H groups in total. The van der Waals surface area contributed by atoms with Gasteiger partial charge >= 0.3 is 0 Å². The highest BCUT2D eigenvalue weighted by Crippen LogP contribution is 2.17. The van der Waals surface area contributed by atoms with Gasteiger partial charge in [0, 0.05) is 22.4 Å². The van der Waals surface area contributed by atoms with E-state index in [4.69, 9.17) is 0 Å². The molecule has 0 spiro atoms. The van der Waals surface area contributed by atoms with E-state index in [1.807, 2.05) is 18.2 Å². The van der Waals surface area contributed by atoms with Gasteiger partial charge < -0.3 is 4.57 Å². The van der Waals surface area contributed by atoms with E-state index in [-0.39, 0.29) is 11.6 Å².